The van der Waals surface area contributed by atoms with Gasteiger partial charge in [-0.15, -0.1) is 11.8 Å². The first-order valence-corrected chi connectivity index (χ1v) is 9.02. The first-order chi connectivity index (χ1) is 12.3. The van der Waals surface area contributed by atoms with Crippen LogP contribution in [0.25, 0.3) is 0 Å². The number of carbonyl (C=O) groups is 3. The van der Waals surface area contributed by atoms with Gasteiger partial charge in [-0.2, -0.15) is 0 Å². The summed E-state index contributed by atoms with van der Waals surface area (Å²) >= 11 is 1.34. The standard InChI is InChI=1S/C19H21NO5S/c1-11-16(19(23)24-4)12(2)20-17(11)18(22)13(3)25-15(21)10-26-14-8-6-5-7-9-14/h5-9,13,20H,10H2,1-4H3/t13-/m0/s1. The minimum Gasteiger partial charge on any atom is -0.465 e. The van der Waals surface area contributed by atoms with Gasteiger partial charge < -0.3 is 14.5 Å². The van der Waals surface area contributed by atoms with Gasteiger partial charge in [0.05, 0.1) is 24.1 Å². The molecular formula is C19H21NO5S. The van der Waals surface area contributed by atoms with Crippen LogP contribution < -0.4 is 0 Å². The molecular weight excluding hydrogens is 354 g/mol. The minimum atomic E-state index is -0.957. The van der Waals surface area contributed by atoms with Crippen molar-refractivity contribution in [1.29, 1.82) is 0 Å². The molecule has 26 heavy (non-hydrogen) atoms. The summed E-state index contributed by atoms with van der Waals surface area (Å²) in [5, 5.41) is 0. The first kappa shape index (κ1) is 19.8. The average molecular weight is 375 g/mol. The summed E-state index contributed by atoms with van der Waals surface area (Å²) < 4.78 is 9.97. The molecule has 1 aromatic heterocycles. The second-order valence-corrected chi connectivity index (χ2v) is 6.76. The maximum Gasteiger partial charge on any atom is 0.339 e. The number of methoxy groups -OCH3 is 1. The van der Waals surface area contributed by atoms with Crippen LogP contribution in [0.4, 0.5) is 0 Å². The quantitative estimate of drug-likeness (QED) is 0.454. The van der Waals surface area contributed by atoms with E-state index in [2.05, 4.69) is 4.98 Å². The van der Waals surface area contributed by atoms with Gasteiger partial charge in [0, 0.05) is 10.6 Å². The molecule has 0 aliphatic carbocycles. The summed E-state index contributed by atoms with van der Waals surface area (Å²) in [5.74, 6) is -1.27. The summed E-state index contributed by atoms with van der Waals surface area (Å²) in [7, 11) is 1.28. The Hall–Kier alpha value is -2.54. The van der Waals surface area contributed by atoms with E-state index in [4.69, 9.17) is 9.47 Å². The molecule has 0 saturated carbocycles. The molecule has 0 bridgehead atoms. The third kappa shape index (κ3) is 4.54. The Morgan fingerprint density at radius 3 is 2.42 bits per heavy atom. The molecule has 0 aliphatic heterocycles. The monoisotopic (exact) mass is 375 g/mol. The highest BCUT2D eigenvalue weighted by Crippen LogP contribution is 2.21. The molecule has 0 amide bonds. The number of benzene rings is 1. The number of rotatable bonds is 7. The summed E-state index contributed by atoms with van der Waals surface area (Å²) in [4.78, 5) is 40.2. The van der Waals surface area contributed by atoms with E-state index in [0.717, 1.165) is 4.90 Å². The minimum absolute atomic E-state index is 0.109. The van der Waals surface area contributed by atoms with Crippen LogP contribution in [-0.2, 0) is 14.3 Å². The van der Waals surface area contributed by atoms with Gasteiger partial charge in [0.1, 0.15) is 0 Å². The normalized spacial score (nSPS) is 11.7. The molecule has 2 aromatic rings. The number of hydrogen-bond donors (Lipinski definition) is 1. The first-order valence-electron chi connectivity index (χ1n) is 8.04. The Bertz CT molecular complexity index is 813. The average Bonchev–Trinajstić information content (AvgIpc) is 2.93. The SMILES string of the molecule is COC(=O)c1c(C)[nH]c(C(=O)[C@H](C)OC(=O)CSc2ccccc2)c1C. The van der Waals surface area contributed by atoms with Crippen LogP contribution in [0, 0.1) is 13.8 Å². The Morgan fingerprint density at radius 1 is 1.15 bits per heavy atom. The van der Waals surface area contributed by atoms with Gasteiger partial charge in [-0.25, -0.2) is 4.79 Å². The predicted molar refractivity (Wildman–Crippen MR) is 98.7 cm³/mol. The number of esters is 2. The summed E-state index contributed by atoms with van der Waals surface area (Å²) in [6.45, 7) is 4.85. The van der Waals surface area contributed by atoms with Crippen LogP contribution in [0.3, 0.4) is 0 Å². The van der Waals surface area contributed by atoms with E-state index >= 15 is 0 Å². The number of aryl methyl sites for hydroxylation is 1. The van der Waals surface area contributed by atoms with Crippen LogP contribution >= 0.6 is 11.8 Å². The smallest absolute Gasteiger partial charge is 0.339 e. The van der Waals surface area contributed by atoms with Crippen molar-refractivity contribution in [2.45, 2.75) is 31.8 Å². The zero-order valence-corrected chi connectivity index (χ0v) is 15.9. The number of hydrogen-bond acceptors (Lipinski definition) is 6. The highest BCUT2D eigenvalue weighted by atomic mass is 32.2. The van der Waals surface area contributed by atoms with Gasteiger partial charge in [-0.1, -0.05) is 18.2 Å². The van der Waals surface area contributed by atoms with Crippen LogP contribution in [-0.4, -0.2) is 41.7 Å². The van der Waals surface area contributed by atoms with E-state index in [1.165, 1.54) is 25.8 Å². The van der Waals surface area contributed by atoms with Crippen molar-refractivity contribution in [1.82, 2.24) is 4.98 Å². The number of thioether (sulfide) groups is 1. The van der Waals surface area contributed by atoms with E-state index in [1.807, 2.05) is 30.3 Å². The van der Waals surface area contributed by atoms with Gasteiger partial charge in [0.2, 0.25) is 5.78 Å². The van der Waals surface area contributed by atoms with Gasteiger partial charge in [-0.05, 0) is 38.5 Å². The molecule has 1 atom stereocenters. The van der Waals surface area contributed by atoms with Crippen molar-refractivity contribution in [3.05, 3.63) is 52.8 Å². The molecule has 1 N–H and O–H groups in total. The third-order valence-corrected chi connectivity index (χ3v) is 4.84. The molecule has 7 heteroatoms. The second-order valence-electron chi connectivity index (χ2n) is 5.71. The molecule has 138 valence electrons. The Labute approximate surface area is 156 Å². The molecule has 0 radical (unpaired) electrons. The lowest BCUT2D eigenvalue weighted by Crippen LogP contribution is -2.26. The van der Waals surface area contributed by atoms with Gasteiger partial charge in [0.25, 0.3) is 0 Å². The zero-order valence-electron chi connectivity index (χ0n) is 15.1. The number of Topliss-reactive ketones (excluding diaryl/α,β-unsaturated/α-hetero) is 1. The lowest BCUT2D eigenvalue weighted by molar-refractivity contribution is -0.143. The fraction of sp³-hybridized carbons (Fsp3) is 0.316. The highest BCUT2D eigenvalue weighted by molar-refractivity contribution is 8.00. The topological polar surface area (TPSA) is 85.5 Å². The Balaban J connectivity index is 2.01. The van der Waals surface area contributed by atoms with Crippen LogP contribution in [0.2, 0.25) is 0 Å². The molecule has 0 spiro atoms. The Morgan fingerprint density at radius 2 is 1.81 bits per heavy atom. The zero-order chi connectivity index (χ0) is 19.3. The van der Waals surface area contributed by atoms with Crippen molar-refractivity contribution in [2.75, 3.05) is 12.9 Å². The number of aromatic nitrogens is 1. The van der Waals surface area contributed by atoms with Crippen LogP contribution in [0.5, 0.6) is 0 Å². The molecule has 6 nitrogen and oxygen atoms in total. The predicted octanol–water partition coefficient (Wildman–Crippen LogP) is 3.32. The molecule has 2 rings (SSSR count). The molecule has 1 heterocycles. The van der Waals surface area contributed by atoms with Crippen molar-refractivity contribution < 1.29 is 23.9 Å². The van der Waals surface area contributed by atoms with Crippen molar-refractivity contribution in [2.24, 2.45) is 0 Å². The Kier molecular flexibility index (Phi) is 6.63. The van der Waals surface area contributed by atoms with Crippen LogP contribution in [0.15, 0.2) is 35.2 Å². The number of H-pyrrole nitrogens is 1. The molecule has 1 aromatic carbocycles. The van der Waals surface area contributed by atoms with E-state index in [0.29, 0.717) is 16.8 Å². The lowest BCUT2D eigenvalue weighted by atomic mass is 10.1. The van der Waals surface area contributed by atoms with Crippen molar-refractivity contribution in [3.63, 3.8) is 0 Å². The number of ether oxygens (including phenoxy) is 2. The summed E-state index contributed by atoms with van der Waals surface area (Å²) in [6, 6.07) is 9.45. The van der Waals surface area contributed by atoms with Gasteiger partial charge in [0.15, 0.2) is 6.10 Å². The number of aromatic amines is 1. The third-order valence-electron chi connectivity index (χ3n) is 3.85. The largest absolute Gasteiger partial charge is 0.465 e. The van der Waals surface area contributed by atoms with Gasteiger partial charge in [-0.3, -0.25) is 9.59 Å². The number of nitrogens with one attached hydrogen (secondary N) is 1. The van der Waals surface area contributed by atoms with Crippen LogP contribution in [0.1, 0.15) is 39.0 Å². The van der Waals surface area contributed by atoms with E-state index in [-0.39, 0.29) is 17.2 Å². The van der Waals surface area contributed by atoms with Gasteiger partial charge >= 0.3 is 11.9 Å². The molecule has 0 saturated heterocycles. The number of ketones is 1. The molecule has 0 unspecified atom stereocenters. The van der Waals surface area contributed by atoms with Crippen molar-refractivity contribution >= 4 is 29.5 Å². The lowest BCUT2D eigenvalue weighted by Gasteiger charge is -2.12. The van der Waals surface area contributed by atoms with E-state index in [1.54, 1.807) is 13.8 Å². The fourth-order valence-electron chi connectivity index (χ4n) is 2.55. The summed E-state index contributed by atoms with van der Waals surface area (Å²) in [6.07, 6.45) is -0.957. The second kappa shape index (κ2) is 8.71. The molecule has 0 fully saturated rings. The summed E-state index contributed by atoms with van der Waals surface area (Å²) in [5.41, 5.74) is 1.60. The maximum absolute atomic E-state index is 12.6. The highest BCUT2D eigenvalue weighted by Gasteiger charge is 2.27. The van der Waals surface area contributed by atoms with E-state index in [9.17, 15) is 14.4 Å². The van der Waals surface area contributed by atoms with E-state index < -0.39 is 18.0 Å². The maximum atomic E-state index is 12.6. The fourth-order valence-corrected chi connectivity index (χ4v) is 3.25. The molecule has 0 aliphatic rings. The van der Waals surface area contributed by atoms with Crippen molar-refractivity contribution in [3.8, 4) is 0 Å². The number of carbonyl (C=O) groups excluding carboxylic acids is 3.